The number of piperidine rings is 1. The highest BCUT2D eigenvalue weighted by Gasteiger charge is 2.38. The number of benzene rings is 2. The van der Waals surface area contributed by atoms with E-state index >= 15 is 0 Å². The Morgan fingerprint density at radius 2 is 1.85 bits per heavy atom. The summed E-state index contributed by atoms with van der Waals surface area (Å²) in [6, 6.07) is 14.7. The number of alkyl halides is 3. The first-order valence-electron chi connectivity index (χ1n) is 13.4. The summed E-state index contributed by atoms with van der Waals surface area (Å²) >= 11 is 0. The zero-order valence-corrected chi connectivity index (χ0v) is 22.4. The van der Waals surface area contributed by atoms with Crippen LogP contribution in [0, 0.1) is 5.92 Å². The van der Waals surface area contributed by atoms with Gasteiger partial charge < -0.3 is 25.2 Å². The maximum atomic E-state index is 12.7. The molecule has 2 aromatic carbocycles. The number of carboxylic acids is 1. The highest BCUT2D eigenvalue weighted by atomic mass is 19.4. The van der Waals surface area contributed by atoms with E-state index in [4.69, 9.17) is 19.4 Å². The number of anilines is 1. The van der Waals surface area contributed by atoms with Crippen molar-refractivity contribution in [1.82, 2.24) is 5.32 Å². The number of hydrogen-bond acceptors (Lipinski definition) is 5. The van der Waals surface area contributed by atoms with Crippen molar-refractivity contribution in [2.75, 3.05) is 25.5 Å². The number of nitrogens with one attached hydrogen (secondary N) is 2. The van der Waals surface area contributed by atoms with Gasteiger partial charge in [0.05, 0.1) is 13.2 Å². The van der Waals surface area contributed by atoms with Gasteiger partial charge in [0.2, 0.25) is 5.91 Å². The third-order valence-corrected chi connectivity index (χ3v) is 6.95. The van der Waals surface area contributed by atoms with Crippen molar-refractivity contribution in [3.63, 3.8) is 0 Å². The van der Waals surface area contributed by atoms with Crippen LogP contribution in [-0.2, 0) is 16.0 Å². The lowest BCUT2D eigenvalue weighted by Gasteiger charge is -2.30. The van der Waals surface area contributed by atoms with E-state index in [2.05, 4.69) is 54.0 Å². The summed E-state index contributed by atoms with van der Waals surface area (Å²) in [4.78, 5) is 21.6. The molecule has 0 aromatic heterocycles. The Bertz CT molecular complexity index is 1100. The van der Waals surface area contributed by atoms with E-state index in [0.717, 1.165) is 55.8 Å². The average molecular weight is 551 g/mol. The van der Waals surface area contributed by atoms with Crippen LogP contribution in [0.4, 0.5) is 18.9 Å². The summed E-state index contributed by atoms with van der Waals surface area (Å²) in [5, 5.41) is 13.7. The number of rotatable bonds is 9. The molecule has 0 spiro atoms. The zero-order chi connectivity index (χ0) is 28.4. The molecule has 10 heteroatoms. The van der Waals surface area contributed by atoms with E-state index in [1.54, 1.807) is 7.11 Å². The molecule has 1 heterocycles. The number of carboxylic acid groups (broad SMARTS) is 1. The van der Waals surface area contributed by atoms with Crippen LogP contribution in [0.2, 0.25) is 0 Å². The maximum Gasteiger partial charge on any atom is 0.490 e. The molecule has 1 aliphatic carbocycles. The summed E-state index contributed by atoms with van der Waals surface area (Å²) < 4.78 is 43.6. The number of carbonyl (C=O) groups is 2. The molecule has 214 valence electrons. The molecular formula is C29H37F3N2O5. The summed E-state index contributed by atoms with van der Waals surface area (Å²) in [6.07, 6.45) is 2.58. The second-order valence-corrected chi connectivity index (χ2v) is 9.94. The van der Waals surface area contributed by atoms with Crippen molar-refractivity contribution >= 4 is 17.6 Å². The molecule has 2 aromatic rings. The third-order valence-electron chi connectivity index (χ3n) is 6.95. The fourth-order valence-electron chi connectivity index (χ4n) is 4.92. The highest BCUT2D eigenvalue weighted by molar-refractivity contribution is 5.80. The van der Waals surface area contributed by atoms with Gasteiger partial charge in [-0.3, -0.25) is 4.79 Å². The minimum atomic E-state index is -5.08. The number of amides is 1. The lowest BCUT2D eigenvalue weighted by atomic mass is 9.82. The smallest absolute Gasteiger partial charge is 0.490 e. The summed E-state index contributed by atoms with van der Waals surface area (Å²) in [5.74, 6) is -0.738. The summed E-state index contributed by atoms with van der Waals surface area (Å²) in [6.45, 7) is 3.79. The SMILES string of the molecule is CCCNc1cccc(C[C@@H]2C[C@@H](c3ccc(OC)c(OC4CCCC4)c3)CNC2=O)c1.O=C(O)C(F)(F)F. The van der Waals surface area contributed by atoms with E-state index in [0.29, 0.717) is 6.54 Å². The molecule has 7 nitrogen and oxygen atoms in total. The van der Waals surface area contributed by atoms with Crippen LogP contribution < -0.4 is 20.1 Å². The molecule has 1 amide bonds. The van der Waals surface area contributed by atoms with Crippen molar-refractivity contribution in [2.45, 2.75) is 70.1 Å². The highest BCUT2D eigenvalue weighted by Crippen LogP contribution is 2.37. The largest absolute Gasteiger partial charge is 0.493 e. The Labute approximate surface area is 227 Å². The third kappa shape index (κ3) is 9.07. The molecule has 0 unspecified atom stereocenters. The van der Waals surface area contributed by atoms with Gasteiger partial charge in [0.1, 0.15) is 0 Å². The Hall–Kier alpha value is -3.43. The number of methoxy groups -OCH3 is 1. The van der Waals surface area contributed by atoms with Crippen molar-refractivity contribution in [1.29, 1.82) is 0 Å². The average Bonchev–Trinajstić information content (AvgIpc) is 3.42. The Kier molecular flexibility index (Phi) is 10.9. The van der Waals surface area contributed by atoms with Crippen LogP contribution in [0.15, 0.2) is 42.5 Å². The standard InChI is InChI=1S/C27H36N2O3.C2HF3O2/c1-3-13-28-23-8-6-7-19(15-23)14-21-16-22(18-29-27(21)30)20-11-12-25(31-2)26(17-20)32-24-9-4-5-10-24;3-2(4,5)1(6)7/h6-8,11-12,15,17,21-22,24,28H,3-5,9-10,13-14,16,18H2,1-2H3,(H,29,30);(H,6,7)/t21-,22-;/m1./s1. The van der Waals surface area contributed by atoms with Crippen LogP contribution in [0.1, 0.15) is 62.5 Å². The molecule has 39 heavy (non-hydrogen) atoms. The molecule has 0 radical (unpaired) electrons. The number of carbonyl (C=O) groups excluding carboxylic acids is 1. The Balaban J connectivity index is 0.000000532. The molecular weight excluding hydrogens is 513 g/mol. The quantitative estimate of drug-likeness (QED) is 0.358. The molecule has 1 aliphatic heterocycles. The van der Waals surface area contributed by atoms with Crippen LogP contribution in [-0.4, -0.2) is 49.5 Å². The van der Waals surface area contributed by atoms with E-state index in [9.17, 15) is 18.0 Å². The predicted octanol–water partition coefficient (Wildman–Crippen LogP) is 5.93. The monoisotopic (exact) mass is 550 g/mol. The van der Waals surface area contributed by atoms with Gasteiger partial charge in [-0.05, 0) is 80.3 Å². The molecule has 2 atom stereocenters. The summed E-state index contributed by atoms with van der Waals surface area (Å²) in [5.41, 5.74) is 3.54. The maximum absolute atomic E-state index is 12.7. The van der Waals surface area contributed by atoms with E-state index in [1.807, 2.05) is 6.07 Å². The predicted molar refractivity (Wildman–Crippen MR) is 142 cm³/mol. The second kappa shape index (κ2) is 14.1. The number of halogens is 3. The van der Waals surface area contributed by atoms with Gasteiger partial charge in [0, 0.05) is 30.6 Å². The van der Waals surface area contributed by atoms with Gasteiger partial charge in [-0.15, -0.1) is 0 Å². The van der Waals surface area contributed by atoms with Gasteiger partial charge in [0.25, 0.3) is 0 Å². The Morgan fingerprint density at radius 1 is 1.13 bits per heavy atom. The summed E-state index contributed by atoms with van der Waals surface area (Å²) in [7, 11) is 1.69. The number of aliphatic carboxylic acids is 1. The molecule has 1 saturated carbocycles. The van der Waals surface area contributed by atoms with Crippen molar-refractivity contribution in [3.8, 4) is 11.5 Å². The zero-order valence-electron chi connectivity index (χ0n) is 22.4. The second-order valence-electron chi connectivity index (χ2n) is 9.94. The first-order valence-corrected chi connectivity index (χ1v) is 13.4. The van der Waals surface area contributed by atoms with E-state index in [-0.39, 0.29) is 23.8 Å². The van der Waals surface area contributed by atoms with E-state index < -0.39 is 12.1 Å². The van der Waals surface area contributed by atoms with Crippen molar-refractivity contribution < 1.29 is 37.3 Å². The van der Waals surface area contributed by atoms with Gasteiger partial charge in [0.15, 0.2) is 11.5 Å². The van der Waals surface area contributed by atoms with Gasteiger partial charge in [-0.2, -0.15) is 13.2 Å². The van der Waals surface area contributed by atoms with Crippen LogP contribution in [0.25, 0.3) is 0 Å². The fraction of sp³-hybridized carbons (Fsp3) is 0.517. The number of ether oxygens (including phenoxy) is 2. The van der Waals surface area contributed by atoms with Crippen LogP contribution >= 0.6 is 0 Å². The topological polar surface area (TPSA) is 96.9 Å². The van der Waals surface area contributed by atoms with Crippen molar-refractivity contribution in [2.24, 2.45) is 5.92 Å². The Morgan fingerprint density at radius 3 is 2.49 bits per heavy atom. The molecule has 2 aliphatic rings. The van der Waals surface area contributed by atoms with E-state index in [1.165, 1.54) is 24.0 Å². The molecule has 3 N–H and O–H groups in total. The van der Waals surface area contributed by atoms with Crippen LogP contribution in [0.5, 0.6) is 11.5 Å². The van der Waals surface area contributed by atoms with Gasteiger partial charge in [-0.25, -0.2) is 4.79 Å². The minimum absolute atomic E-state index is 0.0310. The molecule has 1 saturated heterocycles. The molecule has 4 rings (SSSR count). The van der Waals surface area contributed by atoms with Crippen molar-refractivity contribution in [3.05, 3.63) is 53.6 Å². The first kappa shape index (κ1) is 30.1. The van der Waals surface area contributed by atoms with Gasteiger partial charge in [-0.1, -0.05) is 25.1 Å². The molecule has 2 fully saturated rings. The molecule has 0 bridgehead atoms. The lowest BCUT2D eigenvalue weighted by molar-refractivity contribution is -0.192. The first-order chi connectivity index (χ1) is 18.6. The fourth-order valence-corrected chi connectivity index (χ4v) is 4.92. The normalized spacial score (nSPS) is 19.5. The number of hydrogen-bond donors (Lipinski definition) is 3. The van der Waals surface area contributed by atoms with Crippen LogP contribution in [0.3, 0.4) is 0 Å². The lowest BCUT2D eigenvalue weighted by Crippen LogP contribution is -2.41. The van der Waals surface area contributed by atoms with Gasteiger partial charge >= 0.3 is 12.1 Å². The minimum Gasteiger partial charge on any atom is -0.493 e.